The fourth-order valence-electron chi connectivity index (χ4n) is 6.81. The van der Waals surface area contributed by atoms with E-state index in [1.54, 1.807) is 0 Å². The number of aromatic nitrogens is 5. The van der Waals surface area contributed by atoms with E-state index in [0.29, 0.717) is 17.7 Å². The third-order valence-corrected chi connectivity index (χ3v) is 9.03. The van der Waals surface area contributed by atoms with E-state index in [2.05, 4.69) is 146 Å². The van der Waals surface area contributed by atoms with Crippen LogP contribution in [0.4, 0.5) is 0 Å². The third kappa shape index (κ3) is 4.90. The Bertz CT molecular complexity index is 2430. The highest BCUT2D eigenvalue weighted by molar-refractivity contribution is 6.23. The Hall–Kier alpha value is -5.55. The van der Waals surface area contributed by atoms with Crippen molar-refractivity contribution in [1.29, 1.82) is 0 Å². The summed E-state index contributed by atoms with van der Waals surface area (Å²) in [7, 11) is 0. The summed E-state index contributed by atoms with van der Waals surface area (Å²) >= 11 is 0. The maximum Gasteiger partial charge on any atom is 0.238 e. The Balaban J connectivity index is 1.54. The van der Waals surface area contributed by atoms with Crippen molar-refractivity contribution in [3.8, 4) is 23.0 Å². The molecule has 0 bridgehead atoms. The zero-order valence-electron chi connectivity index (χ0n) is 27.2. The summed E-state index contributed by atoms with van der Waals surface area (Å²) in [6.07, 6.45) is 3.28. The van der Waals surface area contributed by atoms with Crippen molar-refractivity contribution < 1.29 is 0 Å². The summed E-state index contributed by atoms with van der Waals surface area (Å²) < 4.78 is 4.66. The van der Waals surface area contributed by atoms with Gasteiger partial charge in [0.25, 0.3) is 0 Å². The van der Waals surface area contributed by atoms with Gasteiger partial charge in [0.15, 0.2) is 11.6 Å². The van der Waals surface area contributed by atoms with Crippen molar-refractivity contribution in [2.75, 3.05) is 0 Å². The number of para-hydroxylation sites is 3. The largest absolute Gasteiger partial charge is 0.307 e. The van der Waals surface area contributed by atoms with Crippen LogP contribution in [0, 0.1) is 11.8 Å². The van der Waals surface area contributed by atoms with E-state index in [1.165, 1.54) is 10.8 Å². The minimum Gasteiger partial charge on any atom is -0.307 e. The van der Waals surface area contributed by atoms with Gasteiger partial charge in [-0.2, -0.15) is 9.97 Å². The molecule has 0 fully saturated rings. The van der Waals surface area contributed by atoms with Crippen molar-refractivity contribution in [3.63, 3.8) is 0 Å². The van der Waals surface area contributed by atoms with Crippen LogP contribution in [0.25, 0.3) is 72.2 Å². The molecule has 47 heavy (non-hydrogen) atoms. The maximum atomic E-state index is 5.33. The lowest BCUT2D eigenvalue weighted by atomic mass is 9.98. The lowest BCUT2D eigenvalue weighted by Crippen LogP contribution is -2.10. The monoisotopic (exact) mass is 611 g/mol. The lowest BCUT2D eigenvalue weighted by Gasteiger charge is -2.16. The van der Waals surface area contributed by atoms with Crippen molar-refractivity contribution in [2.24, 2.45) is 11.8 Å². The molecule has 3 heterocycles. The predicted octanol–water partition coefficient (Wildman–Crippen LogP) is 10.8. The van der Waals surface area contributed by atoms with Gasteiger partial charge in [0.1, 0.15) is 0 Å². The molecule has 0 amide bonds. The van der Waals surface area contributed by atoms with Crippen LogP contribution >= 0.6 is 0 Å². The molecule has 0 N–H and O–H groups in total. The van der Waals surface area contributed by atoms with E-state index in [9.17, 15) is 0 Å². The van der Waals surface area contributed by atoms with Crippen molar-refractivity contribution in [3.05, 3.63) is 133 Å². The Labute approximate surface area is 274 Å². The third-order valence-electron chi connectivity index (χ3n) is 9.03. The normalized spacial score (nSPS) is 12.4. The number of hydrogen-bond donors (Lipinski definition) is 0. The van der Waals surface area contributed by atoms with Gasteiger partial charge in [-0.15, -0.1) is 0 Å². The molecule has 8 aromatic rings. The molecule has 5 aromatic carbocycles. The van der Waals surface area contributed by atoms with Gasteiger partial charge in [-0.3, -0.25) is 4.57 Å². The first kappa shape index (κ1) is 28.9. The van der Waals surface area contributed by atoms with Gasteiger partial charge in [-0.05, 0) is 48.1 Å². The van der Waals surface area contributed by atoms with Crippen LogP contribution in [0.3, 0.4) is 0 Å². The van der Waals surface area contributed by atoms with Crippen molar-refractivity contribution in [1.82, 2.24) is 24.1 Å². The van der Waals surface area contributed by atoms with E-state index in [-0.39, 0.29) is 5.92 Å². The molecular formula is C42H37N5. The van der Waals surface area contributed by atoms with E-state index in [1.807, 2.05) is 18.2 Å². The number of benzene rings is 5. The summed E-state index contributed by atoms with van der Waals surface area (Å²) in [6, 6.07) is 42.7. The van der Waals surface area contributed by atoms with Crippen LogP contribution in [0.5, 0.6) is 0 Å². The first-order valence-electron chi connectivity index (χ1n) is 16.5. The Morgan fingerprint density at radius 3 is 1.74 bits per heavy atom. The maximum absolute atomic E-state index is 5.33. The highest BCUT2D eigenvalue weighted by Crippen LogP contribution is 2.41. The number of allylic oxidation sites excluding steroid dienone is 2. The summed E-state index contributed by atoms with van der Waals surface area (Å²) in [5.74, 6) is 2.80. The predicted molar refractivity (Wildman–Crippen MR) is 196 cm³/mol. The quantitative estimate of drug-likeness (QED) is 0.180. The minimum absolute atomic E-state index is 0.248. The summed E-state index contributed by atoms with van der Waals surface area (Å²) in [5, 5.41) is 4.73. The lowest BCUT2D eigenvalue weighted by molar-refractivity contribution is 0.660. The van der Waals surface area contributed by atoms with E-state index < -0.39 is 0 Å². The topological polar surface area (TPSA) is 48.5 Å². The number of hydrogen-bond acceptors (Lipinski definition) is 3. The molecule has 0 aliphatic carbocycles. The van der Waals surface area contributed by atoms with Crippen molar-refractivity contribution >= 4 is 49.2 Å². The molecule has 3 aromatic heterocycles. The van der Waals surface area contributed by atoms with E-state index in [4.69, 9.17) is 15.0 Å². The molecule has 0 atom stereocenters. The number of rotatable bonds is 7. The van der Waals surface area contributed by atoms with Crippen LogP contribution in [-0.4, -0.2) is 24.1 Å². The van der Waals surface area contributed by atoms with Crippen LogP contribution in [0.2, 0.25) is 0 Å². The van der Waals surface area contributed by atoms with Gasteiger partial charge >= 0.3 is 0 Å². The number of fused-ring (bicyclic) bond motifs is 7. The second-order valence-corrected chi connectivity index (χ2v) is 13.0. The second kappa shape index (κ2) is 11.7. The van der Waals surface area contributed by atoms with Crippen LogP contribution in [-0.2, 0) is 0 Å². The van der Waals surface area contributed by atoms with Crippen LogP contribution < -0.4 is 0 Å². The molecule has 0 aliphatic rings. The van der Waals surface area contributed by atoms with Gasteiger partial charge in [-0.1, -0.05) is 131 Å². The minimum atomic E-state index is 0.248. The second-order valence-electron chi connectivity index (χ2n) is 13.0. The molecule has 0 unspecified atom stereocenters. The molecule has 5 heteroatoms. The fraction of sp³-hybridized carbons (Fsp3) is 0.167. The molecule has 230 valence electrons. The Morgan fingerprint density at radius 2 is 1.13 bits per heavy atom. The molecular weight excluding hydrogens is 574 g/mol. The first-order chi connectivity index (χ1) is 23.0. The van der Waals surface area contributed by atoms with Gasteiger partial charge in [0.05, 0.1) is 22.1 Å². The molecule has 0 saturated carbocycles. The van der Waals surface area contributed by atoms with Crippen molar-refractivity contribution in [2.45, 2.75) is 34.1 Å². The van der Waals surface area contributed by atoms with Crippen LogP contribution in [0.1, 0.15) is 39.9 Å². The van der Waals surface area contributed by atoms with Crippen LogP contribution in [0.15, 0.2) is 127 Å². The molecule has 0 radical (unpaired) electrons. The summed E-state index contributed by atoms with van der Waals surface area (Å²) in [5.41, 5.74) is 7.66. The van der Waals surface area contributed by atoms with Gasteiger partial charge in [0.2, 0.25) is 5.95 Å². The Morgan fingerprint density at radius 1 is 0.574 bits per heavy atom. The molecule has 5 nitrogen and oxygen atoms in total. The summed E-state index contributed by atoms with van der Waals surface area (Å²) in [4.78, 5) is 15.7. The zero-order valence-corrected chi connectivity index (χ0v) is 27.2. The first-order valence-corrected chi connectivity index (χ1v) is 16.5. The molecule has 0 spiro atoms. The molecule has 0 aliphatic heterocycles. The molecule has 8 rings (SSSR count). The smallest absolute Gasteiger partial charge is 0.238 e. The summed E-state index contributed by atoms with van der Waals surface area (Å²) in [6.45, 7) is 8.94. The van der Waals surface area contributed by atoms with Gasteiger partial charge in [0, 0.05) is 32.8 Å². The van der Waals surface area contributed by atoms with E-state index >= 15 is 0 Å². The fourth-order valence-corrected chi connectivity index (χ4v) is 6.81. The standard InChI is InChI=1S/C42H37N5/c1-27(2)23-24-31(28(3)4)41-43-40(29-15-7-5-8-16-29)44-42(45-41)47-37-22-14-12-20-33(37)35-26-25-34-32-19-11-13-21-36(32)46(38(34)39(35)47)30-17-9-6-10-18-30/h5-22,24-28H,23H2,1-4H3/b31-24+. The average molecular weight is 612 g/mol. The zero-order chi connectivity index (χ0) is 32.1. The number of nitrogens with zero attached hydrogens (tertiary/aromatic N) is 5. The molecule has 0 saturated heterocycles. The average Bonchev–Trinajstić information content (AvgIpc) is 3.62. The van der Waals surface area contributed by atoms with E-state index in [0.717, 1.165) is 61.9 Å². The Kier molecular flexibility index (Phi) is 7.17. The van der Waals surface area contributed by atoms with Gasteiger partial charge in [-0.25, -0.2) is 4.98 Å². The van der Waals surface area contributed by atoms with Gasteiger partial charge < -0.3 is 4.57 Å². The highest BCUT2D eigenvalue weighted by Gasteiger charge is 2.24. The highest BCUT2D eigenvalue weighted by atomic mass is 15.2. The SMILES string of the molecule is CC(C)C/C=C(/c1nc(-c2ccccc2)nc(-n2c3ccccc3c3ccc4c5ccccc5n(-c5ccccc5)c4c32)n1)C(C)C.